The van der Waals surface area contributed by atoms with Crippen LogP contribution in [0.25, 0.3) is 0 Å². The Morgan fingerprint density at radius 2 is 1.56 bits per heavy atom. The first kappa shape index (κ1) is 24.3. The second kappa shape index (κ2) is 12.1. The molecule has 176 valence electrons. The highest BCUT2D eigenvalue weighted by atomic mass is 16.5. The zero-order valence-corrected chi connectivity index (χ0v) is 19.0. The average Bonchev–Trinajstić information content (AvgIpc) is 2.87. The Balaban J connectivity index is 1.46. The number of benzene rings is 3. The molecule has 0 saturated carbocycles. The minimum atomic E-state index is -0.580. The van der Waals surface area contributed by atoms with Gasteiger partial charge < -0.3 is 24.8 Å². The number of hydrogen-bond donors (Lipinski definition) is 2. The molecule has 0 aromatic heterocycles. The Labute approximate surface area is 197 Å². The molecule has 0 aliphatic rings. The van der Waals surface area contributed by atoms with Crippen molar-refractivity contribution in [2.45, 2.75) is 13.5 Å². The van der Waals surface area contributed by atoms with E-state index in [-0.39, 0.29) is 19.1 Å². The van der Waals surface area contributed by atoms with Gasteiger partial charge in [0.1, 0.15) is 24.7 Å². The van der Waals surface area contributed by atoms with Gasteiger partial charge in [-0.15, -0.1) is 0 Å². The molecule has 3 aromatic carbocycles. The fraction of sp³-hybridized carbons (Fsp3) is 0.192. The number of hydrogen-bond acceptors (Lipinski definition) is 6. The van der Waals surface area contributed by atoms with Crippen LogP contribution in [0, 0.1) is 0 Å². The number of anilines is 1. The molecule has 2 amide bonds. The van der Waals surface area contributed by atoms with Crippen molar-refractivity contribution in [3.05, 3.63) is 89.5 Å². The summed E-state index contributed by atoms with van der Waals surface area (Å²) in [5.41, 5.74) is 2.17. The van der Waals surface area contributed by atoms with Crippen molar-refractivity contribution in [3.63, 3.8) is 0 Å². The fourth-order valence-corrected chi connectivity index (χ4v) is 3.03. The number of rotatable bonds is 10. The number of carbonyl (C=O) groups excluding carboxylic acids is 3. The molecule has 8 nitrogen and oxygen atoms in total. The second-order valence-electron chi connectivity index (χ2n) is 7.15. The summed E-state index contributed by atoms with van der Waals surface area (Å²) in [6.07, 6.45) is 0. The van der Waals surface area contributed by atoms with Crippen LogP contribution in [0.15, 0.2) is 72.8 Å². The Morgan fingerprint density at radius 1 is 0.853 bits per heavy atom. The van der Waals surface area contributed by atoms with Gasteiger partial charge in [-0.05, 0) is 61.0 Å². The number of amides is 2. The topological polar surface area (TPSA) is 103 Å². The minimum absolute atomic E-state index is 0.0185. The summed E-state index contributed by atoms with van der Waals surface area (Å²) in [6, 6.07) is 20.5. The lowest BCUT2D eigenvalue weighted by Crippen LogP contribution is -2.30. The van der Waals surface area contributed by atoms with Crippen molar-refractivity contribution in [1.82, 2.24) is 5.32 Å². The number of esters is 1. The van der Waals surface area contributed by atoms with Crippen molar-refractivity contribution in [2.24, 2.45) is 0 Å². The smallest absolute Gasteiger partial charge is 0.325 e. The van der Waals surface area contributed by atoms with E-state index in [0.717, 1.165) is 0 Å². The van der Waals surface area contributed by atoms with Crippen molar-refractivity contribution in [1.29, 1.82) is 0 Å². The maximum Gasteiger partial charge on any atom is 0.325 e. The van der Waals surface area contributed by atoms with Crippen LogP contribution in [0.2, 0.25) is 0 Å². The summed E-state index contributed by atoms with van der Waals surface area (Å²) in [6.45, 7) is 1.99. The van der Waals surface area contributed by atoms with Crippen LogP contribution >= 0.6 is 0 Å². The van der Waals surface area contributed by atoms with Gasteiger partial charge in [-0.2, -0.15) is 0 Å². The Kier molecular flexibility index (Phi) is 8.62. The van der Waals surface area contributed by atoms with E-state index in [1.165, 1.54) is 0 Å². The highest BCUT2D eigenvalue weighted by molar-refractivity contribution is 6.04. The first-order valence-corrected chi connectivity index (χ1v) is 10.7. The second-order valence-corrected chi connectivity index (χ2v) is 7.15. The predicted molar refractivity (Wildman–Crippen MR) is 127 cm³/mol. The van der Waals surface area contributed by atoms with E-state index in [1.807, 2.05) is 6.92 Å². The predicted octanol–water partition coefficient (Wildman–Crippen LogP) is 3.82. The molecule has 34 heavy (non-hydrogen) atoms. The lowest BCUT2D eigenvalue weighted by atomic mass is 10.1. The van der Waals surface area contributed by atoms with E-state index < -0.39 is 11.9 Å². The fourth-order valence-electron chi connectivity index (χ4n) is 3.03. The number of nitrogens with one attached hydrogen (secondary N) is 2. The molecule has 0 spiro atoms. The molecule has 0 unspecified atom stereocenters. The van der Waals surface area contributed by atoms with Crippen LogP contribution in [-0.2, 0) is 16.1 Å². The summed E-state index contributed by atoms with van der Waals surface area (Å²) < 4.78 is 15.7. The molecule has 0 radical (unpaired) electrons. The van der Waals surface area contributed by atoms with E-state index >= 15 is 0 Å². The van der Waals surface area contributed by atoms with E-state index in [1.54, 1.807) is 79.9 Å². The van der Waals surface area contributed by atoms with Gasteiger partial charge in [-0.3, -0.25) is 14.4 Å². The van der Waals surface area contributed by atoms with Crippen LogP contribution in [0.4, 0.5) is 5.69 Å². The van der Waals surface area contributed by atoms with Crippen molar-refractivity contribution >= 4 is 23.5 Å². The molecule has 0 bridgehead atoms. The monoisotopic (exact) mass is 462 g/mol. The zero-order chi connectivity index (χ0) is 24.3. The Hall–Kier alpha value is -4.33. The minimum Gasteiger partial charge on any atom is -0.497 e. The highest BCUT2D eigenvalue weighted by Gasteiger charge is 2.14. The summed E-state index contributed by atoms with van der Waals surface area (Å²) in [5, 5.41) is 5.34. The van der Waals surface area contributed by atoms with E-state index in [4.69, 9.17) is 14.2 Å². The molecule has 0 saturated heterocycles. The van der Waals surface area contributed by atoms with Crippen LogP contribution in [-0.4, -0.2) is 38.0 Å². The van der Waals surface area contributed by atoms with E-state index in [0.29, 0.717) is 40.5 Å². The molecule has 2 N–H and O–H groups in total. The van der Waals surface area contributed by atoms with Gasteiger partial charge in [0.05, 0.1) is 19.3 Å². The SMILES string of the molecule is CCOc1ccccc1C(=O)NCC(=O)OCc1ccc(C(=O)Nc2ccc(OC)cc2)cc1. The van der Waals surface area contributed by atoms with E-state index in [9.17, 15) is 14.4 Å². The quantitative estimate of drug-likeness (QED) is 0.444. The van der Waals surface area contributed by atoms with Crippen molar-refractivity contribution in [3.8, 4) is 11.5 Å². The van der Waals surface area contributed by atoms with E-state index in [2.05, 4.69) is 10.6 Å². The van der Waals surface area contributed by atoms with Gasteiger partial charge in [0.15, 0.2) is 0 Å². The summed E-state index contributed by atoms with van der Waals surface area (Å²) in [4.78, 5) is 36.8. The third-order valence-corrected chi connectivity index (χ3v) is 4.79. The lowest BCUT2D eigenvalue weighted by molar-refractivity contribution is -0.143. The summed E-state index contributed by atoms with van der Waals surface area (Å²) in [5.74, 6) is -0.112. The standard InChI is InChI=1S/C26H26N2O6/c1-3-33-23-7-5-4-6-22(23)26(31)27-16-24(29)34-17-18-8-10-19(11-9-18)25(30)28-20-12-14-21(32-2)15-13-20/h4-15H,3,16-17H2,1-2H3,(H,27,31)(H,28,30). The largest absolute Gasteiger partial charge is 0.497 e. The van der Waals surface area contributed by atoms with Crippen LogP contribution < -0.4 is 20.1 Å². The molecule has 0 atom stereocenters. The zero-order valence-electron chi connectivity index (χ0n) is 19.0. The average molecular weight is 463 g/mol. The first-order valence-electron chi connectivity index (χ1n) is 10.7. The van der Waals surface area contributed by atoms with Crippen molar-refractivity contribution in [2.75, 3.05) is 25.6 Å². The molecular weight excluding hydrogens is 436 g/mol. The highest BCUT2D eigenvalue weighted by Crippen LogP contribution is 2.18. The van der Waals surface area contributed by atoms with Crippen LogP contribution in [0.3, 0.4) is 0 Å². The van der Waals surface area contributed by atoms with Gasteiger partial charge in [-0.25, -0.2) is 0 Å². The Bertz CT molecular complexity index is 1130. The van der Waals surface area contributed by atoms with Crippen LogP contribution in [0.5, 0.6) is 11.5 Å². The lowest BCUT2D eigenvalue weighted by Gasteiger charge is -2.10. The van der Waals surface area contributed by atoms with Crippen LogP contribution in [0.1, 0.15) is 33.2 Å². The number of para-hydroxylation sites is 1. The molecule has 0 heterocycles. The maximum absolute atomic E-state index is 12.4. The number of ether oxygens (including phenoxy) is 3. The molecular formula is C26H26N2O6. The molecule has 0 fully saturated rings. The number of carbonyl (C=O) groups is 3. The van der Waals surface area contributed by atoms with Gasteiger partial charge >= 0.3 is 5.97 Å². The third kappa shape index (κ3) is 6.83. The van der Waals surface area contributed by atoms with Gasteiger partial charge in [0, 0.05) is 11.3 Å². The molecule has 0 aliphatic carbocycles. The van der Waals surface area contributed by atoms with Gasteiger partial charge in [0.2, 0.25) is 0 Å². The molecule has 3 rings (SSSR count). The summed E-state index contributed by atoms with van der Waals surface area (Å²) in [7, 11) is 1.58. The summed E-state index contributed by atoms with van der Waals surface area (Å²) >= 11 is 0. The maximum atomic E-state index is 12.4. The van der Waals surface area contributed by atoms with Gasteiger partial charge in [0.25, 0.3) is 11.8 Å². The van der Waals surface area contributed by atoms with Gasteiger partial charge in [-0.1, -0.05) is 24.3 Å². The molecule has 3 aromatic rings. The Morgan fingerprint density at radius 3 is 2.24 bits per heavy atom. The normalized spacial score (nSPS) is 10.2. The van der Waals surface area contributed by atoms with Crippen molar-refractivity contribution < 1.29 is 28.6 Å². The molecule has 8 heteroatoms. The number of methoxy groups -OCH3 is 1. The molecule has 0 aliphatic heterocycles. The first-order chi connectivity index (χ1) is 16.5. The third-order valence-electron chi connectivity index (χ3n) is 4.79.